The van der Waals surface area contributed by atoms with Gasteiger partial charge >= 0.3 is 0 Å². The summed E-state index contributed by atoms with van der Waals surface area (Å²) in [5.74, 6) is -0.817. The first-order chi connectivity index (χ1) is 12.6. The minimum atomic E-state index is -0.207. The third-order valence-electron chi connectivity index (χ3n) is 6.17. The Hall–Kier alpha value is -1.92. The molecule has 2 unspecified atom stereocenters. The summed E-state index contributed by atoms with van der Waals surface area (Å²) in [7, 11) is 0. The molecule has 0 aromatic heterocycles. The maximum atomic E-state index is 12.7. The molecule has 1 aromatic rings. The van der Waals surface area contributed by atoms with Crippen molar-refractivity contribution in [1.29, 1.82) is 0 Å². The summed E-state index contributed by atoms with van der Waals surface area (Å²) in [6.45, 7) is 0.855. The van der Waals surface area contributed by atoms with Crippen LogP contribution in [0.15, 0.2) is 30.3 Å². The Labute approximate surface area is 165 Å². The number of nitrogens with zero attached hydrogens (tertiary/aromatic N) is 2. The molecule has 0 bridgehead atoms. The number of likely N-dealkylation sites (tertiary alicyclic amines) is 2. The molecule has 3 amide bonds. The van der Waals surface area contributed by atoms with E-state index in [9.17, 15) is 14.4 Å². The zero-order valence-corrected chi connectivity index (χ0v) is 16.1. The lowest BCUT2D eigenvalue weighted by atomic mass is 9.81. The molecule has 7 heteroatoms. The van der Waals surface area contributed by atoms with E-state index >= 15 is 0 Å². The number of hydrogen-bond donors (Lipinski definition) is 1. The van der Waals surface area contributed by atoms with E-state index in [1.165, 1.54) is 4.90 Å². The van der Waals surface area contributed by atoms with E-state index in [-0.39, 0.29) is 60.5 Å². The van der Waals surface area contributed by atoms with Crippen molar-refractivity contribution in [2.45, 2.75) is 37.6 Å². The van der Waals surface area contributed by atoms with Crippen LogP contribution in [0, 0.1) is 11.8 Å². The fraction of sp³-hybridized carbons (Fsp3) is 0.550. The highest BCUT2D eigenvalue weighted by Crippen LogP contribution is 2.38. The molecule has 4 atom stereocenters. The highest BCUT2D eigenvalue weighted by atomic mass is 35.5. The van der Waals surface area contributed by atoms with Gasteiger partial charge in [-0.2, -0.15) is 0 Å². The average molecular weight is 392 g/mol. The van der Waals surface area contributed by atoms with Crippen molar-refractivity contribution in [3.8, 4) is 0 Å². The molecule has 3 aliphatic rings. The predicted molar refractivity (Wildman–Crippen MR) is 103 cm³/mol. The summed E-state index contributed by atoms with van der Waals surface area (Å²) in [5, 5.41) is 0. The number of hydrogen-bond acceptors (Lipinski definition) is 4. The molecule has 2 aliphatic heterocycles. The largest absolute Gasteiger partial charge is 0.339 e. The number of imide groups is 1. The molecule has 1 saturated carbocycles. The van der Waals surface area contributed by atoms with E-state index in [2.05, 4.69) is 0 Å². The van der Waals surface area contributed by atoms with E-state index < -0.39 is 0 Å². The Morgan fingerprint density at radius 1 is 0.963 bits per heavy atom. The van der Waals surface area contributed by atoms with Gasteiger partial charge in [-0.3, -0.25) is 19.3 Å². The first-order valence-corrected chi connectivity index (χ1v) is 9.50. The normalized spacial score (nSPS) is 30.3. The first-order valence-electron chi connectivity index (χ1n) is 9.50. The summed E-state index contributed by atoms with van der Waals surface area (Å²) < 4.78 is 0. The van der Waals surface area contributed by atoms with Crippen LogP contribution in [0.2, 0.25) is 0 Å². The topological polar surface area (TPSA) is 83.7 Å². The fourth-order valence-electron chi connectivity index (χ4n) is 4.71. The number of carbonyl (C=O) groups excluding carboxylic acids is 3. The van der Waals surface area contributed by atoms with Crippen LogP contribution in [0.1, 0.15) is 37.2 Å². The highest BCUT2D eigenvalue weighted by molar-refractivity contribution is 6.07. The lowest BCUT2D eigenvalue weighted by Gasteiger charge is -2.20. The molecule has 4 rings (SSSR count). The lowest BCUT2D eigenvalue weighted by molar-refractivity contribution is -0.146. The molecule has 3 fully saturated rings. The van der Waals surface area contributed by atoms with E-state index in [0.717, 1.165) is 31.2 Å². The van der Waals surface area contributed by atoms with Crippen LogP contribution in [0.4, 0.5) is 0 Å². The number of rotatable bonds is 3. The van der Waals surface area contributed by atoms with Gasteiger partial charge in [-0.1, -0.05) is 43.2 Å². The molecule has 27 heavy (non-hydrogen) atoms. The molecule has 6 nitrogen and oxygen atoms in total. The highest BCUT2D eigenvalue weighted by Gasteiger charge is 2.49. The number of nitrogens with two attached hydrogens (primary N) is 1. The van der Waals surface area contributed by atoms with Crippen LogP contribution in [0.5, 0.6) is 0 Å². The molecule has 1 aromatic carbocycles. The number of amides is 3. The number of carbonyl (C=O) groups is 3. The standard InChI is InChI=1S/C20H25N3O3.ClH/c21-17-11-22(10-16(17)13-6-2-1-3-7-13)18(24)12-23-19(25)14-8-4-5-9-15(14)20(23)26;/h1-3,6-7,14-17H,4-5,8-12,21H2;1H/t14?,15?,16-,17+;/m0./s1. The van der Waals surface area contributed by atoms with Crippen molar-refractivity contribution in [1.82, 2.24) is 9.80 Å². The number of fused-ring (bicyclic) bond motifs is 1. The van der Waals surface area contributed by atoms with E-state index in [1.807, 2.05) is 30.3 Å². The lowest BCUT2D eigenvalue weighted by Crippen LogP contribution is -2.43. The van der Waals surface area contributed by atoms with Crippen molar-refractivity contribution in [2.24, 2.45) is 17.6 Å². The summed E-state index contributed by atoms with van der Waals surface area (Å²) >= 11 is 0. The van der Waals surface area contributed by atoms with Gasteiger partial charge < -0.3 is 10.6 Å². The van der Waals surface area contributed by atoms with Crippen molar-refractivity contribution in [2.75, 3.05) is 19.6 Å². The molecule has 1 aliphatic carbocycles. The summed E-state index contributed by atoms with van der Waals surface area (Å²) in [6.07, 6.45) is 3.51. The zero-order chi connectivity index (χ0) is 18.3. The Balaban J connectivity index is 0.00000210. The predicted octanol–water partition coefficient (Wildman–Crippen LogP) is 1.54. The SMILES string of the molecule is Cl.N[C@@H]1CN(C(=O)CN2C(=O)C3CCCCC3C2=O)C[C@H]1c1ccccc1. The van der Waals surface area contributed by atoms with Crippen molar-refractivity contribution >= 4 is 30.1 Å². The maximum absolute atomic E-state index is 12.7. The van der Waals surface area contributed by atoms with Gasteiger partial charge in [-0.05, 0) is 18.4 Å². The molecule has 0 radical (unpaired) electrons. The van der Waals surface area contributed by atoms with Crippen LogP contribution in [0.25, 0.3) is 0 Å². The third-order valence-corrected chi connectivity index (χ3v) is 6.17. The minimum absolute atomic E-state index is 0. The smallest absolute Gasteiger partial charge is 0.242 e. The van der Waals surface area contributed by atoms with Gasteiger partial charge in [0, 0.05) is 25.0 Å². The fourth-order valence-corrected chi connectivity index (χ4v) is 4.71. The number of halogens is 1. The quantitative estimate of drug-likeness (QED) is 0.792. The second-order valence-electron chi connectivity index (χ2n) is 7.74. The van der Waals surface area contributed by atoms with E-state index in [0.29, 0.717) is 13.1 Å². The molecular weight excluding hydrogens is 366 g/mol. The van der Waals surface area contributed by atoms with Crippen LogP contribution in [-0.2, 0) is 14.4 Å². The Kier molecular flexibility index (Phi) is 5.86. The van der Waals surface area contributed by atoms with Crippen LogP contribution >= 0.6 is 12.4 Å². The molecular formula is C20H26ClN3O3. The van der Waals surface area contributed by atoms with Gasteiger partial charge in [0.2, 0.25) is 17.7 Å². The minimum Gasteiger partial charge on any atom is -0.339 e. The molecule has 2 N–H and O–H groups in total. The number of benzene rings is 1. The molecule has 0 spiro atoms. The molecule has 2 heterocycles. The average Bonchev–Trinajstić information content (AvgIpc) is 3.17. The Morgan fingerprint density at radius 3 is 2.15 bits per heavy atom. The monoisotopic (exact) mass is 391 g/mol. The van der Waals surface area contributed by atoms with Crippen molar-refractivity contribution in [3.05, 3.63) is 35.9 Å². The van der Waals surface area contributed by atoms with E-state index in [1.54, 1.807) is 4.90 Å². The third kappa shape index (κ3) is 3.60. The first kappa shape index (κ1) is 19.8. The van der Waals surface area contributed by atoms with Crippen LogP contribution in [-0.4, -0.2) is 53.2 Å². The second kappa shape index (κ2) is 7.98. The zero-order valence-electron chi connectivity index (χ0n) is 15.3. The summed E-state index contributed by atoms with van der Waals surface area (Å²) in [6, 6.07) is 9.81. The Morgan fingerprint density at radius 2 is 1.56 bits per heavy atom. The van der Waals surface area contributed by atoms with Gasteiger partial charge in [0.15, 0.2) is 0 Å². The van der Waals surface area contributed by atoms with Crippen molar-refractivity contribution in [3.63, 3.8) is 0 Å². The van der Waals surface area contributed by atoms with Crippen LogP contribution < -0.4 is 5.73 Å². The maximum Gasteiger partial charge on any atom is 0.242 e. The molecule has 2 saturated heterocycles. The molecule has 146 valence electrons. The van der Waals surface area contributed by atoms with Gasteiger partial charge in [0.25, 0.3) is 0 Å². The van der Waals surface area contributed by atoms with Gasteiger partial charge in [0.05, 0.1) is 11.8 Å². The van der Waals surface area contributed by atoms with Crippen molar-refractivity contribution < 1.29 is 14.4 Å². The van der Waals surface area contributed by atoms with Gasteiger partial charge in [-0.15, -0.1) is 12.4 Å². The van der Waals surface area contributed by atoms with Gasteiger partial charge in [-0.25, -0.2) is 0 Å². The van der Waals surface area contributed by atoms with Gasteiger partial charge in [0.1, 0.15) is 6.54 Å². The Bertz CT molecular complexity index is 702. The van der Waals surface area contributed by atoms with E-state index in [4.69, 9.17) is 5.73 Å². The summed E-state index contributed by atoms with van der Waals surface area (Å²) in [5.41, 5.74) is 7.38. The second-order valence-corrected chi connectivity index (χ2v) is 7.74. The van der Waals surface area contributed by atoms with Crippen LogP contribution in [0.3, 0.4) is 0 Å². The summed E-state index contributed by atoms with van der Waals surface area (Å²) in [4.78, 5) is 40.8.